The third-order valence-corrected chi connectivity index (χ3v) is 4.81. The molecule has 3 aromatic rings. The maximum Gasteiger partial charge on any atom is 0.255 e. The lowest BCUT2D eigenvalue weighted by Crippen LogP contribution is -2.12. The summed E-state index contributed by atoms with van der Waals surface area (Å²) in [6.45, 7) is 0.765. The van der Waals surface area contributed by atoms with Crippen LogP contribution in [-0.2, 0) is 6.54 Å². The predicted octanol–water partition coefficient (Wildman–Crippen LogP) is 5.50. The fourth-order valence-electron chi connectivity index (χ4n) is 2.24. The van der Waals surface area contributed by atoms with Crippen molar-refractivity contribution in [2.45, 2.75) is 11.4 Å². The van der Waals surface area contributed by atoms with Crippen molar-refractivity contribution in [2.24, 2.45) is 0 Å². The number of anilines is 1. The smallest absolute Gasteiger partial charge is 0.255 e. The average molecular weight is 413 g/mol. The van der Waals surface area contributed by atoms with Crippen LogP contribution in [0.15, 0.2) is 88.2 Å². The van der Waals surface area contributed by atoms with Crippen LogP contribution in [0.25, 0.3) is 0 Å². The maximum atomic E-state index is 12.4. The molecule has 0 aromatic heterocycles. The third-order valence-electron chi connectivity index (χ3n) is 3.51. The summed E-state index contributed by atoms with van der Waals surface area (Å²) in [5.41, 5.74) is 2.63. The van der Waals surface area contributed by atoms with E-state index in [-0.39, 0.29) is 5.91 Å². The molecule has 1 amide bonds. The molecule has 5 heteroatoms. The van der Waals surface area contributed by atoms with Crippen molar-refractivity contribution in [1.82, 2.24) is 4.72 Å². The summed E-state index contributed by atoms with van der Waals surface area (Å²) in [5.74, 6) is -0.118. The Balaban J connectivity index is 1.58. The van der Waals surface area contributed by atoms with Gasteiger partial charge in [0.2, 0.25) is 0 Å². The molecule has 0 fully saturated rings. The van der Waals surface area contributed by atoms with Crippen LogP contribution < -0.4 is 10.0 Å². The highest BCUT2D eigenvalue weighted by Gasteiger charge is 2.07. The Morgan fingerprint density at radius 2 is 1.68 bits per heavy atom. The minimum absolute atomic E-state index is 0.118. The third kappa shape index (κ3) is 5.46. The van der Waals surface area contributed by atoms with Crippen molar-refractivity contribution in [3.63, 3.8) is 0 Å². The van der Waals surface area contributed by atoms with Gasteiger partial charge in [-0.25, -0.2) is 0 Å². The van der Waals surface area contributed by atoms with Crippen LogP contribution in [-0.4, -0.2) is 5.91 Å². The lowest BCUT2D eigenvalue weighted by atomic mass is 10.2. The number of halogens is 1. The van der Waals surface area contributed by atoms with E-state index in [1.54, 1.807) is 0 Å². The summed E-state index contributed by atoms with van der Waals surface area (Å²) >= 11 is 4.90. The van der Waals surface area contributed by atoms with Gasteiger partial charge in [0.15, 0.2) is 0 Å². The maximum absolute atomic E-state index is 12.4. The van der Waals surface area contributed by atoms with Gasteiger partial charge < -0.3 is 5.32 Å². The molecule has 0 spiro atoms. The van der Waals surface area contributed by atoms with Gasteiger partial charge in [-0.05, 0) is 60.0 Å². The second-order valence-electron chi connectivity index (χ2n) is 5.40. The van der Waals surface area contributed by atoms with Crippen LogP contribution in [0.4, 0.5) is 5.69 Å². The summed E-state index contributed by atoms with van der Waals surface area (Å²) in [5, 5.41) is 2.91. The lowest BCUT2D eigenvalue weighted by Gasteiger charge is -2.08. The van der Waals surface area contributed by atoms with Crippen molar-refractivity contribution < 1.29 is 4.79 Å². The van der Waals surface area contributed by atoms with Crippen LogP contribution in [0.3, 0.4) is 0 Å². The van der Waals surface area contributed by atoms with E-state index >= 15 is 0 Å². The number of nitrogens with one attached hydrogen (secondary N) is 2. The van der Waals surface area contributed by atoms with Gasteiger partial charge in [0.25, 0.3) is 5.91 Å². The Bertz CT molecular complexity index is 838. The molecule has 126 valence electrons. The molecule has 3 rings (SSSR count). The summed E-state index contributed by atoms with van der Waals surface area (Å²) in [4.78, 5) is 13.4. The molecule has 0 aliphatic carbocycles. The Morgan fingerprint density at radius 1 is 0.920 bits per heavy atom. The molecule has 0 saturated heterocycles. The highest BCUT2D eigenvalue weighted by Crippen LogP contribution is 2.19. The summed E-state index contributed by atoms with van der Waals surface area (Å²) in [6.07, 6.45) is 0. The second-order valence-corrected chi connectivity index (χ2v) is 7.28. The molecule has 0 aliphatic heterocycles. The van der Waals surface area contributed by atoms with Gasteiger partial charge in [-0.2, -0.15) is 0 Å². The Hall–Kier alpha value is -2.08. The van der Waals surface area contributed by atoms with Crippen molar-refractivity contribution in [2.75, 3.05) is 5.32 Å². The topological polar surface area (TPSA) is 41.1 Å². The molecular formula is C20H17BrN2OS. The first-order valence-corrected chi connectivity index (χ1v) is 9.42. The SMILES string of the molecule is O=C(Nc1ccc(Br)cc1)c1cccc(SNCc2ccccc2)c1. The molecule has 0 bridgehead atoms. The molecule has 3 aromatic carbocycles. The Kier molecular flexibility index (Phi) is 6.28. The summed E-state index contributed by atoms with van der Waals surface area (Å²) < 4.78 is 4.30. The Morgan fingerprint density at radius 3 is 2.44 bits per heavy atom. The number of rotatable bonds is 6. The molecule has 0 saturated carbocycles. The highest BCUT2D eigenvalue weighted by atomic mass is 79.9. The molecule has 0 radical (unpaired) electrons. The first-order valence-electron chi connectivity index (χ1n) is 7.81. The molecular weight excluding hydrogens is 396 g/mol. The van der Waals surface area contributed by atoms with Gasteiger partial charge in [0.05, 0.1) is 0 Å². The van der Waals surface area contributed by atoms with Gasteiger partial charge in [-0.15, -0.1) is 0 Å². The van der Waals surface area contributed by atoms with E-state index in [4.69, 9.17) is 0 Å². The van der Waals surface area contributed by atoms with Crippen molar-refractivity contribution in [3.8, 4) is 0 Å². The van der Waals surface area contributed by atoms with E-state index in [0.717, 1.165) is 21.6 Å². The van der Waals surface area contributed by atoms with Gasteiger partial charge in [-0.1, -0.05) is 52.3 Å². The second kappa shape index (κ2) is 8.85. The zero-order chi connectivity index (χ0) is 17.5. The molecule has 0 heterocycles. The van der Waals surface area contributed by atoms with Crippen LogP contribution in [0.5, 0.6) is 0 Å². The van der Waals surface area contributed by atoms with E-state index in [0.29, 0.717) is 5.56 Å². The number of amides is 1. The van der Waals surface area contributed by atoms with Crippen molar-refractivity contribution in [1.29, 1.82) is 0 Å². The fourth-order valence-corrected chi connectivity index (χ4v) is 3.24. The van der Waals surface area contributed by atoms with E-state index in [9.17, 15) is 4.79 Å². The fraction of sp³-hybridized carbons (Fsp3) is 0.0500. The molecule has 2 N–H and O–H groups in total. The van der Waals surface area contributed by atoms with Crippen LogP contribution >= 0.6 is 27.9 Å². The van der Waals surface area contributed by atoms with Gasteiger partial charge >= 0.3 is 0 Å². The minimum atomic E-state index is -0.118. The van der Waals surface area contributed by atoms with E-state index in [1.165, 1.54) is 17.5 Å². The van der Waals surface area contributed by atoms with Crippen molar-refractivity contribution >= 4 is 39.5 Å². The van der Waals surface area contributed by atoms with E-state index in [1.807, 2.05) is 66.7 Å². The molecule has 25 heavy (non-hydrogen) atoms. The summed E-state index contributed by atoms with van der Waals surface area (Å²) in [6, 6.07) is 25.3. The quantitative estimate of drug-likeness (QED) is 0.525. The van der Waals surface area contributed by atoms with Crippen molar-refractivity contribution in [3.05, 3.63) is 94.5 Å². The van der Waals surface area contributed by atoms with E-state index < -0.39 is 0 Å². The number of benzene rings is 3. The first kappa shape index (κ1) is 17.7. The van der Waals surface area contributed by atoms with Crippen LogP contribution in [0, 0.1) is 0 Å². The van der Waals surface area contributed by atoms with Gasteiger partial charge in [-0.3, -0.25) is 9.52 Å². The lowest BCUT2D eigenvalue weighted by molar-refractivity contribution is 0.102. The number of hydrogen-bond acceptors (Lipinski definition) is 3. The molecule has 0 atom stereocenters. The normalized spacial score (nSPS) is 10.4. The average Bonchev–Trinajstić information content (AvgIpc) is 2.65. The zero-order valence-corrected chi connectivity index (χ0v) is 15.8. The monoisotopic (exact) mass is 412 g/mol. The van der Waals surface area contributed by atoms with Crippen LogP contribution in [0.2, 0.25) is 0 Å². The molecule has 0 aliphatic rings. The van der Waals surface area contributed by atoms with Gasteiger partial charge in [0.1, 0.15) is 0 Å². The summed E-state index contributed by atoms with van der Waals surface area (Å²) in [7, 11) is 0. The van der Waals surface area contributed by atoms with E-state index in [2.05, 4.69) is 38.1 Å². The number of hydrogen-bond donors (Lipinski definition) is 2. The zero-order valence-electron chi connectivity index (χ0n) is 13.4. The van der Waals surface area contributed by atoms with Gasteiger partial charge in [0, 0.05) is 27.2 Å². The van der Waals surface area contributed by atoms with Crippen LogP contribution in [0.1, 0.15) is 15.9 Å². The Labute approximate surface area is 160 Å². The minimum Gasteiger partial charge on any atom is -0.322 e. The number of carbonyl (C=O) groups is 1. The highest BCUT2D eigenvalue weighted by molar-refractivity contribution is 9.10. The standard InChI is InChI=1S/C20H17BrN2OS/c21-17-9-11-18(12-10-17)23-20(24)16-7-4-8-19(13-16)25-22-14-15-5-2-1-3-6-15/h1-13,22H,14H2,(H,23,24). The predicted molar refractivity (Wildman–Crippen MR) is 108 cm³/mol. The molecule has 3 nitrogen and oxygen atoms in total. The number of carbonyl (C=O) groups excluding carboxylic acids is 1. The first-order chi connectivity index (χ1) is 12.2. The molecule has 0 unspecified atom stereocenters. The largest absolute Gasteiger partial charge is 0.322 e.